The van der Waals surface area contributed by atoms with E-state index in [9.17, 15) is 14.7 Å². The second-order valence-corrected chi connectivity index (χ2v) is 9.11. The number of hydrogen-bond acceptors (Lipinski definition) is 6. The Balaban J connectivity index is 1.78. The number of aliphatic hydroxyl groups excluding tert-OH is 1. The summed E-state index contributed by atoms with van der Waals surface area (Å²) < 4.78 is 16.6. The van der Waals surface area contributed by atoms with Gasteiger partial charge in [0.05, 0.1) is 31.9 Å². The zero-order chi connectivity index (χ0) is 27.2. The average Bonchev–Trinajstić information content (AvgIpc) is 3.18. The maximum atomic E-state index is 13.4. The minimum absolute atomic E-state index is 0.0503. The fourth-order valence-corrected chi connectivity index (χ4v) is 4.56. The zero-order valence-corrected chi connectivity index (χ0v) is 22.2. The van der Waals surface area contributed by atoms with E-state index in [1.54, 1.807) is 37.4 Å². The molecule has 1 aliphatic heterocycles. The number of aliphatic hydroxyl groups is 1. The smallest absolute Gasteiger partial charge is 0.295 e. The summed E-state index contributed by atoms with van der Waals surface area (Å²) in [5.41, 5.74) is 2.85. The summed E-state index contributed by atoms with van der Waals surface area (Å²) in [6.07, 6.45) is 0.876. The molecule has 4 rings (SSSR count). The Morgan fingerprint density at radius 2 is 1.61 bits per heavy atom. The van der Waals surface area contributed by atoms with Crippen molar-refractivity contribution in [1.82, 2.24) is 4.90 Å². The topological polar surface area (TPSA) is 85.3 Å². The van der Waals surface area contributed by atoms with Gasteiger partial charge in [-0.1, -0.05) is 31.2 Å². The van der Waals surface area contributed by atoms with Crippen molar-refractivity contribution in [2.24, 2.45) is 0 Å². The van der Waals surface area contributed by atoms with E-state index in [1.807, 2.05) is 57.2 Å². The van der Waals surface area contributed by atoms with Crippen molar-refractivity contribution in [1.29, 1.82) is 0 Å². The summed E-state index contributed by atoms with van der Waals surface area (Å²) in [5.74, 6) is 0.484. The Hall–Kier alpha value is -4.26. The van der Waals surface area contributed by atoms with Gasteiger partial charge in [0.15, 0.2) is 0 Å². The quantitative estimate of drug-likeness (QED) is 0.208. The summed E-state index contributed by atoms with van der Waals surface area (Å²) in [6.45, 7) is 7.10. The van der Waals surface area contributed by atoms with Gasteiger partial charge in [0, 0.05) is 12.1 Å². The van der Waals surface area contributed by atoms with Crippen LogP contribution in [0.25, 0.3) is 5.76 Å². The van der Waals surface area contributed by atoms with Gasteiger partial charge >= 0.3 is 0 Å². The Bertz CT molecular complexity index is 1330. The second kappa shape index (κ2) is 11.9. The molecule has 0 saturated carbocycles. The minimum Gasteiger partial charge on any atom is -0.507 e. The van der Waals surface area contributed by atoms with Crippen LogP contribution in [0.4, 0.5) is 0 Å². The number of Topliss-reactive ketones (excluding diaryl/α,β-unsaturated/α-hetero) is 1. The predicted octanol–water partition coefficient (Wildman–Crippen LogP) is 5.81. The van der Waals surface area contributed by atoms with Crippen LogP contribution in [0, 0.1) is 6.92 Å². The van der Waals surface area contributed by atoms with Gasteiger partial charge < -0.3 is 24.2 Å². The first-order chi connectivity index (χ1) is 18.4. The van der Waals surface area contributed by atoms with Gasteiger partial charge in [0.2, 0.25) is 0 Å². The molecule has 1 aliphatic rings. The maximum Gasteiger partial charge on any atom is 0.295 e. The summed E-state index contributed by atoms with van der Waals surface area (Å²) >= 11 is 0. The van der Waals surface area contributed by atoms with Gasteiger partial charge in [-0.25, -0.2) is 0 Å². The Morgan fingerprint density at radius 3 is 2.21 bits per heavy atom. The summed E-state index contributed by atoms with van der Waals surface area (Å²) in [5, 5.41) is 11.4. The second-order valence-electron chi connectivity index (χ2n) is 9.11. The van der Waals surface area contributed by atoms with Crippen molar-refractivity contribution < 1.29 is 28.9 Å². The van der Waals surface area contributed by atoms with E-state index in [0.29, 0.717) is 41.6 Å². The molecule has 7 heteroatoms. The molecule has 0 aromatic heterocycles. The molecular formula is C31H33NO6. The van der Waals surface area contributed by atoms with E-state index in [2.05, 4.69) is 0 Å². The van der Waals surface area contributed by atoms with E-state index in [1.165, 1.54) is 4.90 Å². The van der Waals surface area contributed by atoms with E-state index in [0.717, 1.165) is 17.5 Å². The largest absolute Gasteiger partial charge is 0.507 e. The van der Waals surface area contributed by atoms with Crippen LogP contribution in [0.1, 0.15) is 48.6 Å². The van der Waals surface area contributed by atoms with E-state index >= 15 is 0 Å². The fraction of sp³-hybridized carbons (Fsp3) is 0.290. The third-order valence-corrected chi connectivity index (χ3v) is 6.47. The lowest BCUT2D eigenvalue weighted by Gasteiger charge is -2.26. The lowest BCUT2D eigenvalue weighted by Crippen LogP contribution is -2.29. The van der Waals surface area contributed by atoms with Crippen molar-refractivity contribution in [3.05, 3.63) is 94.6 Å². The maximum absolute atomic E-state index is 13.4. The molecule has 7 nitrogen and oxygen atoms in total. The van der Waals surface area contributed by atoms with Crippen molar-refractivity contribution in [3.8, 4) is 17.2 Å². The first-order valence-electron chi connectivity index (χ1n) is 12.8. The van der Waals surface area contributed by atoms with Crippen LogP contribution in [0.3, 0.4) is 0 Å². The molecule has 1 saturated heterocycles. The first-order valence-corrected chi connectivity index (χ1v) is 12.8. The van der Waals surface area contributed by atoms with Crippen LogP contribution < -0.4 is 14.2 Å². The monoisotopic (exact) mass is 515 g/mol. The molecule has 0 spiro atoms. The fourth-order valence-electron chi connectivity index (χ4n) is 4.56. The number of rotatable bonds is 10. The number of hydrogen-bond donors (Lipinski definition) is 1. The molecule has 0 radical (unpaired) electrons. The van der Waals surface area contributed by atoms with Gasteiger partial charge in [0.25, 0.3) is 11.7 Å². The molecule has 1 atom stereocenters. The zero-order valence-electron chi connectivity index (χ0n) is 22.2. The normalized spacial score (nSPS) is 16.5. The number of ketones is 1. The number of methoxy groups -OCH3 is 1. The molecule has 0 aliphatic carbocycles. The van der Waals surface area contributed by atoms with Crippen molar-refractivity contribution in [2.75, 3.05) is 20.3 Å². The van der Waals surface area contributed by atoms with Crippen molar-refractivity contribution >= 4 is 17.4 Å². The Morgan fingerprint density at radius 1 is 0.921 bits per heavy atom. The molecule has 198 valence electrons. The highest BCUT2D eigenvalue weighted by atomic mass is 16.5. The molecule has 1 heterocycles. The van der Waals surface area contributed by atoms with Crippen LogP contribution in [0.2, 0.25) is 0 Å². The van der Waals surface area contributed by atoms with Gasteiger partial charge in [-0.3, -0.25) is 9.59 Å². The summed E-state index contributed by atoms with van der Waals surface area (Å²) in [7, 11) is 1.59. The number of likely N-dealkylation sites (tertiary alicyclic amines) is 1. The molecule has 0 bridgehead atoms. The number of nitrogens with zero attached hydrogens (tertiary/aromatic N) is 1. The number of benzene rings is 3. The van der Waals surface area contributed by atoms with E-state index in [4.69, 9.17) is 14.2 Å². The highest BCUT2D eigenvalue weighted by Gasteiger charge is 2.46. The van der Waals surface area contributed by atoms with Crippen molar-refractivity contribution in [2.45, 2.75) is 39.8 Å². The minimum atomic E-state index is -0.774. The van der Waals surface area contributed by atoms with Crippen LogP contribution in [0.5, 0.6) is 17.2 Å². The lowest BCUT2D eigenvalue weighted by molar-refractivity contribution is -0.140. The molecule has 1 unspecified atom stereocenters. The van der Waals surface area contributed by atoms with Gasteiger partial charge in [0.1, 0.15) is 23.0 Å². The van der Waals surface area contributed by atoms with Gasteiger partial charge in [-0.05, 0) is 79.4 Å². The number of carbonyl (C=O) groups is 2. The number of amides is 1. The van der Waals surface area contributed by atoms with Crippen LogP contribution in [-0.2, 0) is 16.1 Å². The van der Waals surface area contributed by atoms with Gasteiger partial charge in [-0.2, -0.15) is 0 Å². The first kappa shape index (κ1) is 26.8. The summed E-state index contributed by atoms with van der Waals surface area (Å²) in [4.78, 5) is 28.2. The lowest BCUT2D eigenvalue weighted by atomic mass is 9.94. The molecule has 38 heavy (non-hydrogen) atoms. The number of carbonyl (C=O) groups excluding carboxylic acids is 2. The molecule has 1 amide bonds. The predicted molar refractivity (Wildman–Crippen MR) is 145 cm³/mol. The standard InChI is InChI=1S/C31H33NO6/c1-5-17-38-26-16-11-23(18-20(26)3)29(33)27-28(22-9-14-25(15-10-22)37-6-2)32(31(35)30(27)34)19-21-7-12-24(36-4)13-8-21/h7-16,18,28,33H,5-6,17,19H2,1-4H3/b29-27-. The molecule has 1 N–H and O–H groups in total. The molecule has 3 aromatic rings. The van der Waals surface area contributed by atoms with E-state index in [-0.39, 0.29) is 17.9 Å². The Labute approximate surface area is 223 Å². The van der Waals surface area contributed by atoms with E-state index < -0.39 is 17.7 Å². The molecule has 1 fully saturated rings. The van der Waals surface area contributed by atoms with Crippen LogP contribution in [0.15, 0.2) is 72.3 Å². The van der Waals surface area contributed by atoms with Crippen LogP contribution in [-0.4, -0.2) is 42.0 Å². The molecule has 3 aromatic carbocycles. The third kappa shape index (κ3) is 5.52. The van der Waals surface area contributed by atoms with Crippen molar-refractivity contribution in [3.63, 3.8) is 0 Å². The Kier molecular flexibility index (Phi) is 8.36. The number of ether oxygens (including phenoxy) is 3. The third-order valence-electron chi connectivity index (χ3n) is 6.47. The SMILES string of the molecule is CCCOc1ccc(/C(O)=C2/C(=O)C(=O)N(Cc3ccc(OC)cc3)C2c2ccc(OCC)cc2)cc1C. The molecular weight excluding hydrogens is 482 g/mol. The van der Waals surface area contributed by atoms with Gasteiger partial charge in [-0.15, -0.1) is 0 Å². The average molecular weight is 516 g/mol. The summed E-state index contributed by atoms with van der Waals surface area (Å²) in [6, 6.07) is 19.1. The van der Waals surface area contributed by atoms with Crippen LogP contribution >= 0.6 is 0 Å². The number of aryl methyl sites for hydroxylation is 1. The highest BCUT2D eigenvalue weighted by molar-refractivity contribution is 6.46. The highest BCUT2D eigenvalue weighted by Crippen LogP contribution is 2.41.